The zero-order valence-corrected chi connectivity index (χ0v) is 17.8. The fourth-order valence-corrected chi connectivity index (χ4v) is 2.71. The van der Waals surface area contributed by atoms with Crippen molar-refractivity contribution in [2.24, 2.45) is 0 Å². The molecule has 3 N–H and O–H groups in total. The normalized spacial score (nSPS) is 15.0. The van der Waals surface area contributed by atoms with Crippen molar-refractivity contribution in [1.82, 2.24) is 5.32 Å². The second-order valence-electron chi connectivity index (χ2n) is 6.22. The Hall–Kier alpha value is 0.410. The van der Waals surface area contributed by atoms with E-state index < -0.39 is 19.7 Å². The molecular weight excluding hydrogens is 407 g/mol. The molecule has 0 aromatic rings. The summed E-state index contributed by atoms with van der Waals surface area (Å²) in [6.45, 7) is 11.1. The molecule has 0 aromatic heterocycles. The summed E-state index contributed by atoms with van der Waals surface area (Å²) < 4.78 is 39.8. The van der Waals surface area contributed by atoms with Gasteiger partial charge in [-0.3, -0.25) is 4.57 Å². The van der Waals surface area contributed by atoms with Gasteiger partial charge in [-0.25, -0.2) is 0 Å². The highest BCUT2D eigenvalue weighted by Gasteiger charge is 2.47. The average Bonchev–Trinajstić information content (AvgIpc) is 2.42. The predicted molar refractivity (Wildman–Crippen MR) is 98.1 cm³/mol. The molecule has 0 radical (unpaired) electrons. The molecule has 0 saturated carbocycles. The van der Waals surface area contributed by atoms with Gasteiger partial charge in [0.1, 0.15) is 0 Å². The quantitative estimate of drug-likeness (QED) is 0.250. The van der Waals surface area contributed by atoms with Crippen LogP contribution >= 0.6 is 23.5 Å². The van der Waals surface area contributed by atoms with Crippen molar-refractivity contribution in [3.05, 3.63) is 0 Å². The van der Waals surface area contributed by atoms with Gasteiger partial charge in [0.25, 0.3) is 0 Å². The van der Waals surface area contributed by atoms with Gasteiger partial charge < -0.3 is 19.8 Å². The Labute approximate surface area is 153 Å². The minimum atomic E-state index is -5.34. The van der Waals surface area contributed by atoms with E-state index >= 15 is 0 Å². The standard InChI is InChI=1S/C10H23N.C5H10BrF2O4P/c1-6-8-10(5,7-2)11-9(3)4;6-2-4-12-3-1-5(7,8)13(9,10)11/h9,11H,6-8H2,1-5H3;1-4H2,(H2,9,10,11). The lowest BCUT2D eigenvalue weighted by atomic mass is 9.92. The maximum Gasteiger partial charge on any atom is 0.394 e. The van der Waals surface area contributed by atoms with E-state index in [1.54, 1.807) is 0 Å². The molecule has 1 atom stereocenters. The van der Waals surface area contributed by atoms with Crippen molar-refractivity contribution >= 4 is 23.5 Å². The van der Waals surface area contributed by atoms with Gasteiger partial charge in [0.15, 0.2) is 0 Å². The molecule has 9 heteroatoms. The average molecular weight is 440 g/mol. The van der Waals surface area contributed by atoms with Gasteiger partial charge >= 0.3 is 13.3 Å². The minimum absolute atomic E-state index is 0.233. The number of halogens is 3. The van der Waals surface area contributed by atoms with E-state index in [-0.39, 0.29) is 13.2 Å². The van der Waals surface area contributed by atoms with Crippen LogP contribution in [-0.4, -0.2) is 45.6 Å². The summed E-state index contributed by atoms with van der Waals surface area (Å²) in [5.41, 5.74) is -3.62. The van der Waals surface area contributed by atoms with Gasteiger partial charge in [0.2, 0.25) is 0 Å². The van der Waals surface area contributed by atoms with E-state index in [0.29, 0.717) is 16.9 Å². The van der Waals surface area contributed by atoms with Crippen LogP contribution in [0.1, 0.15) is 60.3 Å². The molecule has 0 aliphatic rings. The van der Waals surface area contributed by atoms with E-state index in [0.717, 1.165) is 0 Å². The number of nitrogens with one attached hydrogen (secondary N) is 1. The summed E-state index contributed by atoms with van der Waals surface area (Å²) in [6.07, 6.45) is 2.80. The molecule has 0 fully saturated rings. The third-order valence-corrected chi connectivity index (χ3v) is 4.81. The van der Waals surface area contributed by atoms with Crippen molar-refractivity contribution in [1.29, 1.82) is 0 Å². The van der Waals surface area contributed by atoms with Crippen molar-refractivity contribution in [2.75, 3.05) is 18.5 Å². The molecule has 0 saturated heterocycles. The Kier molecular flexibility index (Phi) is 14.1. The Morgan fingerprint density at radius 1 is 1.21 bits per heavy atom. The zero-order chi connectivity index (χ0) is 19.4. The third kappa shape index (κ3) is 12.7. The lowest BCUT2D eigenvalue weighted by molar-refractivity contribution is 0.0177. The van der Waals surface area contributed by atoms with Gasteiger partial charge in [-0.2, -0.15) is 8.78 Å². The van der Waals surface area contributed by atoms with Crippen LogP contribution < -0.4 is 5.32 Å². The summed E-state index contributed by atoms with van der Waals surface area (Å²) in [6, 6.07) is 0.603. The smallest absolute Gasteiger partial charge is 0.380 e. The van der Waals surface area contributed by atoms with Crippen LogP contribution in [0, 0.1) is 0 Å². The number of alkyl halides is 3. The topological polar surface area (TPSA) is 78.8 Å². The molecule has 0 heterocycles. The van der Waals surface area contributed by atoms with E-state index in [1.165, 1.54) is 19.3 Å². The van der Waals surface area contributed by atoms with Crippen LogP contribution in [0.2, 0.25) is 0 Å². The lowest BCUT2D eigenvalue weighted by Crippen LogP contribution is -2.45. The number of hydrogen-bond acceptors (Lipinski definition) is 3. The second kappa shape index (κ2) is 12.7. The Bertz CT molecular complexity index is 369. The summed E-state index contributed by atoms with van der Waals surface area (Å²) in [5.74, 6) is 0. The fraction of sp³-hybridized carbons (Fsp3) is 1.00. The Morgan fingerprint density at radius 3 is 2.08 bits per heavy atom. The maximum absolute atomic E-state index is 12.5. The molecule has 0 spiro atoms. The van der Waals surface area contributed by atoms with Crippen LogP contribution in [0.25, 0.3) is 0 Å². The van der Waals surface area contributed by atoms with Crippen LogP contribution in [-0.2, 0) is 9.30 Å². The van der Waals surface area contributed by atoms with E-state index in [9.17, 15) is 13.3 Å². The predicted octanol–water partition coefficient (Wildman–Crippen LogP) is 4.51. The second-order valence-corrected chi connectivity index (χ2v) is 8.76. The summed E-state index contributed by atoms with van der Waals surface area (Å²) >= 11 is 3.00. The SMILES string of the molecule is CCCC(C)(CC)NC(C)C.O=P(O)(O)C(F)(F)CCOCCBr. The summed E-state index contributed by atoms with van der Waals surface area (Å²) in [5, 5.41) is 4.10. The minimum Gasteiger partial charge on any atom is -0.380 e. The van der Waals surface area contributed by atoms with Gasteiger partial charge in [0, 0.05) is 23.3 Å². The van der Waals surface area contributed by atoms with Crippen molar-refractivity contribution in [3.8, 4) is 0 Å². The fourth-order valence-electron chi connectivity index (χ4n) is 2.10. The van der Waals surface area contributed by atoms with Crippen LogP contribution in [0.3, 0.4) is 0 Å². The van der Waals surface area contributed by atoms with Gasteiger partial charge in [-0.05, 0) is 19.8 Å². The third-order valence-electron chi connectivity index (χ3n) is 3.41. The number of rotatable bonds is 11. The number of ether oxygens (including phenoxy) is 1. The molecule has 0 aliphatic heterocycles. The molecule has 0 aromatic carbocycles. The highest BCUT2D eigenvalue weighted by molar-refractivity contribution is 9.09. The van der Waals surface area contributed by atoms with E-state index in [4.69, 9.17) is 9.79 Å². The summed E-state index contributed by atoms with van der Waals surface area (Å²) in [4.78, 5) is 16.4. The Balaban J connectivity index is 0. The first kappa shape index (κ1) is 26.6. The molecule has 148 valence electrons. The first-order valence-corrected chi connectivity index (χ1v) is 10.9. The maximum atomic E-state index is 12.5. The number of hydrogen-bond donors (Lipinski definition) is 3. The largest absolute Gasteiger partial charge is 0.394 e. The van der Waals surface area contributed by atoms with Crippen LogP contribution in [0.5, 0.6) is 0 Å². The van der Waals surface area contributed by atoms with Crippen molar-refractivity contribution in [3.63, 3.8) is 0 Å². The van der Waals surface area contributed by atoms with Gasteiger partial charge in [-0.15, -0.1) is 0 Å². The van der Waals surface area contributed by atoms with Crippen LogP contribution in [0.4, 0.5) is 8.78 Å². The van der Waals surface area contributed by atoms with Gasteiger partial charge in [-0.1, -0.05) is 50.0 Å². The summed E-state index contributed by atoms with van der Waals surface area (Å²) in [7, 11) is -5.34. The molecule has 24 heavy (non-hydrogen) atoms. The molecule has 1 unspecified atom stereocenters. The van der Waals surface area contributed by atoms with Crippen LogP contribution in [0.15, 0.2) is 0 Å². The first-order chi connectivity index (χ1) is 10.8. The molecule has 0 rings (SSSR count). The highest BCUT2D eigenvalue weighted by atomic mass is 79.9. The molecule has 0 aliphatic carbocycles. The molecule has 0 bridgehead atoms. The molecule has 0 amide bonds. The van der Waals surface area contributed by atoms with Gasteiger partial charge in [0.05, 0.1) is 13.2 Å². The van der Waals surface area contributed by atoms with E-state index in [1.807, 2.05) is 0 Å². The zero-order valence-electron chi connectivity index (χ0n) is 15.3. The highest BCUT2D eigenvalue weighted by Crippen LogP contribution is 2.54. The van der Waals surface area contributed by atoms with Crippen molar-refractivity contribution in [2.45, 2.75) is 77.5 Å². The monoisotopic (exact) mass is 439 g/mol. The lowest BCUT2D eigenvalue weighted by Gasteiger charge is -2.31. The first-order valence-electron chi connectivity index (χ1n) is 8.20. The van der Waals surface area contributed by atoms with E-state index in [2.05, 4.69) is 60.6 Å². The Morgan fingerprint density at radius 2 is 1.75 bits per heavy atom. The van der Waals surface area contributed by atoms with Crippen molar-refractivity contribution < 1.29 is 27.9 Å². The molecule has 5 nitrogen and oxygen atoms in total. The molecular formula is C15H33BrF2NO4P.